The molecule has 18 heavy (non-hydrogen) atoms. The lowest BCUT2D eigenvalue weighted by atomic mass is 9.75. The average molecular weight is 253 g/mol. The summed E-state index contributed by atoms with van der Waals surface area (Å²) in [5, 5.41) is 14.8. The van der Waals surface area contributed by atoms with Gasteiger partial charge in [-0.15, -0.1) is 0 Å². The van der Waals surface area contributed by atoms with Crippen LogP contribution in [-0.4, -0.2) is 34.6 Å². The molecule has 2 rings (SSSR count). The van der Waals surface area contributed by atoms with E-state index in [-0.39, 0.29) is 5.41 Å². The molecular weight excluding hydrogens is 230 g/mol. The first-order valence-electron chi connectivity index (χ1n) is 6.70. The Labute approximate surface area is 108 Å². The molecule has 2 heterocycles. The Morgan fingerprint density at radius 1 is 1.67 bits per heavy atom. The van der Waals surface area contributed by atoms with Crippen molar-refractivity contribution in [2.24, 2.45) is 11.1 Å². The summed E-state index contributed by atoms with van der Waals surface area (Å²) in [4.78, 5) is 0. The second kappa shape index (κ2) is 5.82. The van der Waals surface area contributed by atoms with Crippen LogP contribution >= 0.6 is 0 Å². The van der Waals surface area contributed by atoms with Crippen molar-refractivity contribution in [3.8, 4) is 0 Å². The maximum atomic E-state index is 10.6. The molecule has 2 unspecified atom stereocenters. The number of ether oxygens (including phenoxy) is 1. The van der Waals surface area contributed by atoms with Crippen LogP contribution in [0.2, 0.25) is 0 Å². The maximum Gasteiger partial charge on any atom is 0.0910 e. The molecule has 1 aliphatic heterocycles. The van der Waals surface area contributed by atoms with Crippen molar-refractivity contribution in [3.05, 3.63) is 18.0 Å². The van der Waals surface area contributed by atoms with Crippen molar-refractivity contribution < 1.29 is 9.84 Å². The van der Waals surface area contributed by atoms with Crippen LogP contribution in [0.3, 0.4) is 0 Å². The number of nitrogens with two attached hydrogens (primary N) is 1. The molecule has 1 saturated heterocycles. The van der Waals surface area contributed by atoms with Crippen molar-refractivity contribution >= 4 is 0 Å². The fraction of sp³-hybridized carbons (Fsp3) is 0.769. The predicted molar refractivity (Wildman–Crippen MR) is 69.0 cm³/mol. The fourth-order valence-corrected chi connectivity index (χ4v) is 2.59. The second-order valence-corrected chi connectivity index (χ2v) is 5.16. The molecule has 0 aliphatic carbocycles. The van der Waals surface area contributed by atoms with Gasteiger partial charge in [0.15, 0.2) is 0 Å². The quantitative estimate of drug-likeness (QED) is 0.823. The van der Waals surface area contributed by atoms with Crippen LogP contribution in [0, 0.1) is 5.41 Å². The van der Waals surface area contributed by atoms with Crippen molar-refractivity contribution in [1.29, 1.82) is 0 Å². The molecule has 0 radical (unpaired) electrons. The van der Waals surface area contributed by atoms with E-state index in [0.29, 0.717) is 13.2 Å². The molecule has 0 spiro atoms. The first-order chi connectivity index (χ1) is 8.72. The minimum atomic E-state index is -0.589. The molecule has 0 amide bonds. The molecule has 5 heteroatoms. The SMILES string of the molecule is CCCn1cc(C(O)C2(CN)CCCOC2)cn1. The lowest BCUT2D eigenvalue weighted by Gasteiger charge is -2.39. The van der Waals surface area contributed by atoms with Crippen molar-refractivity contribution in [2.75, 3.05) is 19.8 Å². The summed E-state index contributed by atoms with van der Waals surface area (Å²) in [6.07, 6.45) is 5.96. The number of nitrogens with zero attached hydrogens (tertiary/aromatic N) is 2. The molecule has 0 saturated carbocycles. The fourth-order valence-electron chi connectivity index (χ4n) is 2.59. The summed E-state index contributed by atoms with van der Waals surface area (Å²) in [6.45, 7) is 4.72. The smallest absolute Gasteiger partial charge is 0.0910 e. The van der Waals surface area contributed by atoms with Gasteiger partial charge >= 0.3 is 0 Å². The van der Waals surface area contributed by atoms with Crippen LogP contribution in [0.25, 0.3) is 0 Å². The third-order valence-electron chi connectivity index (χ3n) is 3.76. The minimum absolute atomic E-state index is 0.349. The van der Waals surface area contributed by atoms with Crippen LogP contribution in [0.15, 0.2) is 12.4 Å². The zero-order valence-corrected chi connectivity index (χ0v) is 11.0. The van der Waals surface area contributed by atoms with Crippen LogP contribution in [0.4, 0.5) is 0 Å². The Morgan fingerprint density at radius 2 is 2.50 bits per heavy atom. The maximum absolute atomic E-state index is 10.6. The summed E-state index contributed by atoms with van der Waals surface area (Å²) < 4.78 is 7.37. The van der Waals surface area contributed by atoms with Crippen LogP contribution in [0.1, 0.15) is 37.9 Å². The molecule has 0 bridgehead atoms. The van der Waals surface area contributed by atoms with Gasteiger partial charge in [-0.3, -0.25) is 4.68 Å². The monoisotopic (exact) mass is 253 g/mol. The highest BCUT2D eigenvalue weighted by molar-refractivity contribution is 5.13. The molecule has 1 aromatic heterocycles. The van der Waals surface area contributed by atoms with Gasteiger partial charge in [0.05, 0.1) is 18.9 Å². The Balaban J connectivity index is 2.14. The van der Waals surface area contributed by atoms with E-state index in [0.717, 1.165) is 38.0 Å². The molecule has 3 N–H and O–H groups in total. The predicted octanol–water partition coefficient (Wildman–Crippen LogP) is 1.08. The minimum Gasteiger partial charge on any atom is -0.388 e. The van der Waals surface area contributed by atoms with Gasteiger partial charge in [-0.05, 0) is 19.3 Å². The first kappa shape index (κ1) is 13.5. The normalized spacial score (nSPS) is 26.2. The summed E-state index contributed by atoms with van der Waals surface area (Å²) in [7, 11) is 0. The van der Waals surface area contributed by atoms with E-state index < -0.39 is 6.10 Å². The lowest BCUT2D eigenvalue weighted by Crippen LogP contribution is -2.43. The first-order valence-corrected chi connectivity index (χ1v) is 6.70. The highest BCUT2D eigenvalue weighted by atomic mass is 16.5. The Morgan fingerprint density at radius 3 is 3.11 bits per heavy atom. The van der Waals surface area contributed by atoms with Crippen LogP contribution < -0.4 is 5.73 Å². The third kappa shape index (κ3) is 2.58. The van der Waals surface area contributed by atoms with Gasteiger partial charge in [-0.1, -0.05) is 6.92 Å². The van der Waals surface area contributed by atoms with Gasteiger partial charge in [0, 0.05) is 36.9 Å². The number of aromatic nitrogens is 2. The Hall–Kier alpha value is -0.910. The number of aliphatic hydroxyl groups excluding tert-OH is 1. The number of hydrogen-bond acceptors (Lipinski definition) is 4. The molecule has 1 fully saturated rings. The van der Waals surface area contributed by atoms with E-state index in [2.05, 4.69) is 12.0 Å². The second-order valence-electron chi connectivity index (χ2n) is 5.16. The van der Waals surface area contributed by atoms with E-state index in [4.69, 9.17) is 10.5 Å². The number of rotatable bonds is 5. The number of aryl methyl sites for hydroxylation is 1. The summed E-state index contributed by atoms with van der Waals surface area (Å²) in [5.41, 5.74) is 6.37. The van der Waals surface area contributed by atoms with Gasteiger partial charge in [0.2, 0.25) is 0 Å². The number of hydrogen-bond donors (Lipinski definition) is 2. The van der Waals surface area contributed by atoms with Crippen LogP contribution in [0.5, 0.6) is 0 Å². The molecule has 0 aromatic carbocycles. The summed E-state index contributed by atoms with van der Waals surface area (Å²) in [6, 6.07) is 0. The third-order valence-corrected chi connectivity index (χ3v) is 3.76. The van der Waals surface area contributed by atoms with E-state index in [9.17, 15) is 5.11 Å². The van der Waals surface area contributed by atoms with Gasteiger partial charge in [-0.25, -0.2) is 0 Å². The van der Waals surface area contributed by atoms with Crippen molar-refractivity contribution in [1.82, 2.24) is 9.78 Å². The van der Waals surface area contributed by atoms with Gasteiger partial charge in [-0.2, -0.15) is 5.10 Å². The van der Waals surface area contributed by atoms with E-state index >= 15 is 0 Å². The summed E-state index contributed by atoms with van der Waals surface area (Å²) >= 11 is 0. The van der Waals surface area contributed by atoms with E-state index in [1.807, 2.05) is 10.9 Å². The topological polar surface area (TPSA) is 73.3 Å². The average Bonchev–Trinajstić information content (AvgIpc) is 2.87. The molecule has 1 aromatic rings. The van der Waals surface area contributed by atoms with Gasteiger partial charge < -0.3 is 15.6 Å². The van der Waals surface area contributed by atoms with Crippen molar-refractivity contribution in [2.45, 2.75) is 38.8 Å². The molecule has 1 aliphatic rings. The lowest BCUT2D eigenvalue weighted by molar-refractivity contribution is -0.0782. The van der Waals surface area contributed by atoms with Crippen LogP contribution in [-0.2, 0) is 11.3 Å². The Bertz CT molecular complexity index is 372. The van der Waals surface area contributed by atoms with Gasteiger partial charge in [0.1, 0.15) is 0 Å². The Kier molecular flexibility index (Phi) is 4.37. The largest absolute Gasteiger partial charge is 0.388 e. The highest BCUT2D eigenvalue weighted by Crippen LogP contribution is 2.39. The number of aliphatic hydroxyl groups is 1. The molecule has 2 atom stereocenters. The van der Waals surface area contributed by atoms with Crippen molar-refractivity contribution in [3.63, 3.8) is 0 Å². The molecule has 5 nitrogen and oxygen atoms in total. The summed E-state index contributed by atoms with van der Waals surface area (Å²) in [5.74, 6) is 0. The van der Waals surface area contributed by atoms with Gasteiger partial charge in [0.25, 0.3) is 0 Å². The highest BCUT2D eigenvalue weighted by Gasteiger charge is 2.40. The van der Waals surface area contributed by atoms with E-state index in [1.54, 1.807) is 6.20 Å². The zero-order valence-electron chi connectivity index (χ0n) is 11.0. The zero-order chi connectivity index (χ0) is 13.0. The standard InChI is InChI=1S/C13H23N3O2/c1-2-5-16-8-11(7-15-16)12(17)13(9-14)4-3-6-18-10-13/h7-8,12,17H,2-6,9-10,14H2,1H3. The van der Waals surface area contributed by atoms with E-state index in [1.165, 1.54) is 0 Å². The molecular formula is C13H23N3O2. The molecule has 102 valence electrons.